The molecule has 2 aromatic heterocycles. The van der Waals surface area contributed by atoms with Crippen LogP contribution in [0.4, 0.5) is 10.1 Å². The van der Waals surface area contributed by atoms with Crippen LogP contribution < -0.4 is 9.64 Å². The zero-order valence-corrected chi connectivity index (χ0v) is 17.1. The molecule has 1 aliphatic rings. The topological polar surface area (TPSA) is 77.3 Å². The number of rotatable bonds is 3. The van der Waals surface area contributed by atoms with E-state index in [0.717, 1.165) is 4.90 Å². The number of carbonyl (C=O) groups excluding carboxylic acids is 2. The van der Waals surface area contributed by atoms with E-state index >= 15 is 0 Å². The fourth-order valence-corrected chi connectivity index (χ4v) is 3.91. The third-order valence-electron chi connectivity index (χ3n) is 5.19. The zero-order valence-electron chi connectivity index (χ0n) is 16.4. The van der Waals surface area contributed by atoms with E-state index in [1.165, 1.54) is 36.2 Å². The van der Waals surface area contributed by atoms with Gasteiger partial charge in [0.1, 0.15) is 17.3 Å². The van der Waals surface area contributed by atoms with Crippen LogP contribution in [-0.4, -0.2) is 33.7 Å². The lowest BCUT2D eigenvalue weighted by atomic mass is 10.1. The van der Waals surface area contributed by atoms with Crippen molar-refractivity contribution in [3.63, 3.8) is 0 Å². The molecule has 5 rings (SSSR count). The molecule has 7 nitrogen and oxygen atoms in total. The fourth-order valence-electron chi connectivity index (χ4n) is 3.75. The lowest BCUT2D eigenvalue weighted by Crippen LogP contribution is -2.29. The highest BCUT2D eigenvalue weighted by atomic mass is 35.5. The predicted octanol–water partition coefficient (Wildman–Crippen LogP) is 4.33. The van der Waals surface area contributed by atoms with Gasteiger partial charge in [-0.3, -0.25) is 9.59 Å². The Labute approximate surface area is 180 Å². The number of amides is 2. The lowest BCUT2D eigenvalue weighted by molar-refractivity contribution is 0.0926. The van der Waals surface area contributed by atoms with E-state index in [2.05, 4.69) is 10.1 Å². The number of halogens is 2. The Morgan fingerprint density at radius 3 is 2.48 bits per heavy atom. The largest absolute Gasteiger partial charge is 0.497 e. The second-order valence-corrected chi connectivity index (χ2v) is 7.42. The number of fused-ring (bicyclic) bond motifs is 3. The lowest BCUT2D eigenvalue weighted by Gasteiger charge is -2.14. The van der Waals surface area contributed by atoms with Crippen molar-refractivity contribution in [2.45, 2.75) is 6.92 Å². The summed E-state index contributed by atoms with van der Waals surface area (Å²) in [7, 11) is 1.53. The first kappa shape index (κ1) is 19.2. The van der Waals surface area contributed by atoms with Crippen LogP contribution in [0.25, 0.3) is 16.7 Å². The summed E-state index contributed by atoms with van der Waals surface area (Å²) >= 11 is 5.85. The summed E-state index contributed by atoms with van der Waals surface area (Å²) in [6.45, 7) is 1.68. The van der Waals surface area contributed by atoms with Gasteiger partial charge < -0.3 is 4.74 Å². The van der Waals surface area contributed by atoms with Gasteiger partial charge in [-0.2, -0.15) is 5.10 Å². The quantitative estimate of drug-likeness (QED) is 0.447. The van der Waals surface area contributed by atoms with Crippen molar-refractivity contribution in [1.29, 1.82) is 0 Å². The van der Waals surface area contributed by atoms with E-state index in [1.807, 2.05) is 0 Å². The van der Waals surface area contributed by atoms with Gasteiger partial charge in [0.15, 0.2) is 5.65 Å². The van der Waals surface area contributed by atoms with E-state index < -0.39 is 17.6 Å². The Bertz CT molecular complexity index is 1400. The first-order chi connectivity index (χ1) is 14.9. The maximum atomic E-state index is 14.5. The Balaban J connectivity index is 1.68. The van der Waals surface area contributed by atoms with Crippen molar-refractivity contribution in [2.24, 2.45) is 0 Å². The number of benzene rings is 2. The molecular weight excluding hydrogens is 423 g/mol. The van der Waals surface area contributed by atoms with Crippen molar-refractivity contribution >= 4 is 40.1 Å². The molecule has 0 saturated carbocycles. The number of methoxy groups -OCH3 is 1. The van der Waals surface area contributed by atoms with Crippen LogP contribution in [0.1, 0.15) is 26.4 Å². The minimum absolute atomic E-state index is 0.138. The van der Waals surface area contributed by atoms with Gasteiger partial charge in [-0.15, -0.1) is 0 Å². The van der Waals surface area contributed by atoms with E-state index in [1.54, 1.807) is 31.2 Å². The van der Waals surface area contributed by atoms with Crippen LogP contribution in [0.15, 0.2) is 48.7 Å². The Kier molecular flexibility index (Phi) is 4.26. The second kappa shape index (κ2) is 6.88. The normalized spacial score (nSPS) is 13.2. The van der Waals surface area contributed by atoms with Crippen molar-refractivity contribution < 1.29 is 18.7 Å². The maximum absolute atomic E-state index is 14.5. The van der Waals surface area contributed by atoms with Crippen LogP contribution in [0.5, 0.6) is 5.75 Å². The number of hydrogen-bond acceptors (Lipinski definition) is 5. The molecule has 0 bridgehead atoms. The minimum atomic E-state index is -0.582. The van der Waals surface area contributed by atoms with Gasteiger partial charge in [0, 0.05) is 11.2 Å². The molecule has 0 aliphatic carbocycles. The maximum Gasteiger partial charge on any atom is 0.267 e. The van der Waals surface area contributed by atoms with Crippen molar-refractivity contribution in [2.75, 3.05) is 12.0 Å². The number of carbonyl (C=O) groups is 2. The van der Waals surface area contributed by atoms with Gasteiger partial charge in [0.05, 0.1) is 35.0 Å². The van der Waals surface area contributed by atoms with Gasteiger partial charge >= 0.3 is 0 Å². The summed E-state index contributed by atoms with van der Waals surface area (Å²) in [5.41, 5.74) is 1.64. The second-order valence-electron chi connectivity index (χ2n) is 6.98. The summed E-state index contributed by atoms with van der Waals surface area (Å²) in [6, 6.07) is 10.8. The monoisotopic (exact) mass is 436 g/mol. The minimum Gasteiger partial charge on any atom is -0.497 e. The average Bonchev–Trinajstić information content (AvgIpc) is 3.22. The Morgan fingerprint density at radius 1 is 1.06 bits per heavy atom. The van der Waals surface area contributed by atoms with E-state index in [4.69, 9.17) is 16.3 Å². The SMILES string of the molecule is COc1ccc(N2C(=O)c3cnc4c(c(C)nn4-c4ccc(Cl)cc4F)c3C2=O)cc1. The standard InChI is InChI=1S/C22H14ClFN4O3/c1-11-18-19-15(21(29)27(22(19)30)13-4-6-14(31-2)7-5-13)10-25-20(18)28(26-11)17-8-3-12(23)9-16(17)24/h3-10H,1-2H3. The summed E-state index contributed by atoms with van der Waals surface area (Å²) in [6.07, 6.45) is 1.33. The summed E-state index contributed by atoms with van der Waals surface area (Å²) in [4.78, 5) is 31.7. The average molecular weight is 437 g/mol. The number of anilines is 1. The molecule has 0 radical (unpaired) electrons. The molecule has 31 heavy (non-hydrogen) atoms. The number of ether oxygens (including phenoxy) is 1. The molecule has 154 valence electrons. The fraction of sp³-hybridized carbons (Fsp3) is 0.0909. The van der Waals surface area contributed by atoms with Crippen molar-refractivity contribution in [3.05, 3.63) is 76.3 Å². The summed E-state index contributed by atoms with van der Waals surface area (Å²) in [5.74, 6) is -0.950. The molecule has 9 heteroatoms. The van der Waals surface area contributed by atoms with Crippen LogP contribution in [0, 0.1) is 12.7 Å². The van der Waals surface area contributed by atoms with Gasteiger partial charge in [-0.05, 0) is 49.4 Å². The summed E-state index contributed by atoms with van der Waals surface area (Å²) < 4.78 is 21.0. The molecule has 0 spiro atoms. The smallest absolute Gasteiger partial charge is 0.267 e. The molecule has 0 N–H and O–H groups in total. The molecule has 4 aromatic rings. The molecule has 2 amide bonds. The molecule has 1 aliphatic heterocycles. The number of nitrogens with zero attached hydrogens (tertiary/aromatic N) is 4. The zero-order chi connectivity index (χ0) is 21.9. The van der Waals surface area contributed by atoms with E-state index in [9.17, 15) is 14.0 Å². The number of hydrogen-bond donors (Lipinski definition) is 0. The molecule has 0 atom stereocenters. The number of aryl methyl sites for hydroxylation is 1. The van der Waals surface area contributed by atoms with Crippen LogP contribution in [0.3, 0.4) is 0 Å². The Hall–Kier alpha value is -3.78. The van der Waals surface area contributed by atoms with Gasteiger partial charge in [-0.25, -0.2) is 19.0 Å². The molecule has 0 saturated heterocycles. The van der Waals surface area contributed by atoms with Crippen molar-refractivity contribution in [3.8, 4) is 11.4 Å². The first-order valence-corrected chi connectivity index (χ1v) is 9.65. The summed E-state index contributed by atoms with van der Waals surface area (Å²) in [5, 5.41) is 5.03. The first-order valence-electron chi connectivity index (χ1n) is 9.27. The van der Waals surface area contributed by atoms with Crippen LogP contribution >= 0.6 is 11.6 Å². The van der Waals surface area contributed by atoms with Gasteiger partial charge in [-0.1, -0.05) is 11.6 Å². The highest BCUT2D eigenvalue weighted by Crippen LogP contribution is 2.35. The van der Waals surface area contributed by atoms with Crippen molar-refractivity contribution in [1.82, 2.24) is 14.8 Å². The molecule has 0 fully saturated rings. The van der Waals surface area contributed by atoms with E-state index in [0.29, 0.717) is 22.5 Å². The Morgan fingerprint density at radius 2 is 1.81 bits per heavy atom. The van der Waals surface area contributed by atoms with Crippen LogP contribution in [0.2, 0.25) is 5.02 Å². The number of pyridine rings is 1. The number of imide groups is 1. The van der Waals surface area contributed by atoms with Gasteiger partial charge in [0.2, 0.25) is 0 Å². The highest BCUT2D eigenvalue weighted by Gasteiger charge is 2.40. The highest BCUT2D eigenvalue weighted by molar-refractivity contribution is 6.37. The predicted molar refractivity (Wildman–Crippen MR) is 113 cm³/mol. The molecule has 2 aromatic carbocycles. The molecule has 3 heterocycles. The van der Waals surface area contributed by atoms with Gasteiger partial charge in [0.25, 0.3) is 11.8 Å². The van der Waals surface area contributed by atoms with E-state index in [-0.39, 0.29) is 27.5 Å². The van der Waals surface area contributed by atoms with Crippen LogP contribution in [-0.2, 0) is 0 Å². The molecule has 0 unspecified atom stereocenters. The number of aromatic nitrogens is 3. The molecular formula is C22H14ClFN4O3. The third-order valence-corrected chi connectivity index (χ3v) is 5.43. The third kappa shape index (κ3) is 2.79.